The van der Waals surface area contributed by atoms with E-state index in [2.05, 4.69) is 44.5 Å². The van der Waals surface area contributed by atoms with Crippen LogP contribution >= 0.6 is 0 Å². The van der Waals surface area contributed by atoms with Gasteiger partial charge in [-0.25, -0.2) is 0 Å². The average Bonchev–Trinajstić information content (AvgIpc) is 2.60. The number of ketones is 1. The average molecular weight is 353 g/mol. The van der Waals surface area contributed by atoms with E-state index < -0.39 is 0 Å². The van der Waals surface area contributed by atoms with Crippen molar-refractivity contribution in [1.29, 1.82) is 0 Å². The minimum Gasteiger partial charge on any atom is -0.328 e. The minimum atomic E-state index is -0.190. The number of carbonyl (C=O) groups is 1. The third-order valence-corrected chi connectivity index (χ3v) is 4.04. The summed E-state index contributed by atoms with van der Waals surface area (Å²) in [6.07, 6.45) is 5.36. The van der Waals surface area contributed by atoms with Gasteiger partial charge in [-0.15, -0.1) is 0 Å². The van der Waals surface area contributed by atoms with E-state index in [0.29, 0.717) is 11.6 Å². The van der Waals surface area contributed by atoms with Crippen LogP contribution in [0, 0.1) is 5.92 Å². The summed E-state index contributed by atoms with van der Waals surface area (Å²) in [6.45, 7) is 19.5. The van der Waals surface area contributed by atoms with Crippen LogP contribution in [0.15, 0.2) is 23.1 Å². The first-order chi connectivity index (χ1) is 11.8. The highest BCUT2D eigenvalue weighted by Crippen LogP contribution is 2.09. The number of H-pyrrole nitrogens is 1. The molecule has 0 aliphatic heterocycles. The number of aromatic nitrogens is 1. The summed E-state index contributed by atoms with van der Waals surface area (Å²) < 4.78 is 0. The monoisotopic (exact) mass is 352 g/mol. The maximum Gasteiger partial charge on any atom is 0.247 e. The lowest BCUT2D eigenvalue weighted by Gasteiger charge is -2.27. The van der Waals surface area contributed by atoms with Gasteiger partial charge in [0.15, 0.2) is 5.78 Å². The van der Waals surface area contributed by atoms with Crippen molar-refractivity contribution in [1.82, 2.24) is 9.88 Å². The zero-order valence-corrected chi connectivity index (χ0v) is 17.7. The third kappa shape index (κ3) is 13.5. The van der Waals surface area contributed by atoms with Crippen LogP contribution in [0.2, 0.25) is 0 Å². The normalized spacial score (nSPS) is 11.3. The summed E-state index contributed by atoms with van der Waals surface area (Å²) in [5, 5.41) is 0. The van der Waals surface area contributed by atoms with Crippen molar-refractivity contribution >= 4 is 5.78 Å². The maximum atomic E-state index is 10.6. The fraction of sp³-hybridized carbons (Fsp3) is 0.714. The highest BCUT2D eigenvalue weighted by atomic mass is 16.1. The Bertz CT molecular complexity index is 474. The van der Waals surface area contributed by atoms with Crippen LogP contribution in [0.5, 0.6) is 0 Å². The summed E-state index contributed by atoms with van der Waals surface area (Å²) in [5.74, 6) is 0.842. The van der Waals surface area contributed by atoms with E-state index in [4.69, 9.17) is 0 Å². The Morgan fingerprint density at radius 3 is 2.08 bits per heavy atom. The molecule has 1 rings (SSSR count). The molecule has 0 aliphatic carbocycles. The zero-order valence-electron chi connectivity index (χ0n) is 17.7. The molecule has 1 N–H and O–H groups in total. The van der Waals surface area contributed by atoms with E-state index in [0.717, 1.165) is 5.92 Å². The van der Waals surface area contributed by atoms with Crippen LogP contribution in [0.3, 0.4) is 0 Å². The van der Waals surface area contributed by atoms with Gasteiger partial charge in [-0.2, -0.15) is 0 Å². The molecule has 0 saturated carbocycles. The first-order valence-electron chi connectivity index (χ1n) is 9.75. The highest BCUT2D eigenvalue weighted by Gasteiger charge is 2.09. The first kappa shape index (κ1) is 25.8. The molecule has 4 nitrogen and oxygen atoms in total. The molecule has 0 amide bonds. The fourth-order valence-electron chi connectivity index (χ4n) is 2.14. The molecule has 0 spiro atoms. The number of hydrogen-bond donors (Lipinski definition) is 1. The molecule has 25 heavy (non-hydrogen) atoms. The second kappa shape index (κ2) is 16.1. The van der Waals surface area contributed by atoms with Crippen LogP contribution < -0.4 is 5.56 Å². The molecule has 1 unspecified atom stereocenters. The van der Waals surface area contributed by atoms with E-state index in [-0.39, 0.29) is 11.3 Å². The van der Waals surface area contributed by atoms with Gasteiger partial charge in [0.25, 0.3) is 0 Å². The Labute approximate surface area is 155 Å². The Morgan fingerprint density at radius 1 is 1.12 bits per heavy atom. The lowest BCUT2D eigenvalue weighted by molar-refractivity contribution is 0.101. The van der Waals surface area contributed by atoms with Crippen molar-refractivity contribution in [3.05, 3.63) is 34.2 Å². The van der Waals surface area contributed by atoms with Crippen LogP contribution in [0.25, 0.3) is 0 Å². The molecule has 0 fully saturated rings. The van der Waals surface area contributed by atoms with Gasteiger partial charge >= 0.3 is 0 Å². The molecular weight excluding hydrogens is 312 g/mol. The van der Waals surface area contributed by atoms with Gasteiger partial charge < -0.3 is 9.88 Å². The predicted octanol–water partition coefficient (Wildman–Crippen LogP) is 5.15. The number of nitrogens with one attached hydrogen (secondary N) is 1. The van der Waals surface area contributed by atoms with Crippen LogP contribution in [0.4, 0.5) is 0 Å². The van der Waals surface area contributed by atoms with E-state index in [1.165, 1.54) is 57.6 Å². The molecular formula is C21H40N2O2. The van der Waals surface area contributed by atoms with Gasteiger partial charge in [0.2, 0.25) is 5.56 Å². The number of pyridine rings is 1. The predicted molar refractivity (Wildman–Crippen MR) is 109 cm³/mol. The van der Waals surface area contributed by atoms with E-state index in [1.807, 2.05) is 13.8 Å². The molecule has 4 heteroatoms. The molecule has 1 aromatic heterocycles. The molecule has 1 atom stereocenters. The minimum absolute atomic E-state index is 0.0451. The van der Waals surface area contributed by atoms with Crippen molar-refractivity contribution < 1.29 is 4.79 Å². The SMILES string of the molecule is CC.CC(=O)c1ccc(=O)[nH]c1.CCCN(CCC(C)CC)C(C)C. The molecule has 146 valence electrons. The number of nitrogens with zero attached hydrogens (tertiary/aromatic N) is 1. The van der Waals surface area contributed by atoms with E-state index in [1.54, 1.807) is 0 Å². The van der Waals surface area contributed by atoms with Gasteiger partial charge in [-0.1, -0.05) is 41.0 Å². The molecule has 0 radical (unpaired) electrons. The van der Waals surface area contributed by atoms with Gasteiger partial charge in [-0.3, -0.25) is 9.59 Å². The summed E-state index contributed by atoms with van der Waals surface area (Å²) in [4.78, 5) is 26.1. The Kier molecular flexibility index (Phi) is 16.6. The Morgan fingerprint density at radius 2 is 1.72 bits per heavy atom. The van der Waals surface area contributed by atoms with Crippen molar-refractivity contribution in [3.63, 3.8) is 0 Å². The lowest BCUT2D eigenvalue weighted by atomic mass is 10.0. The van der Waals surface area contributed by atoms with Gasteiger partial charge in [0.1, 0.15) is 0 Å². The number of carbonyl (C=O) groups excluding carboxylic acids is 1. The second-order valence-electron chi connectivity index (χ2n) is 6.43. The lowest BCUT2D eigenvalue weighted by Crippen LogP contribution is -2.33. The number of aromatic amines is 1. The van der Waals surface area contributed by atoms with Crippen molar-refractivity contribution in [2.45, 2.75) is 80.7 Å². The fourth-order valence-corrected chi connectivity index (χ4v) is 2.14. The molecule has 0 aromatic carbocycles. The second-order valence-corrected chi connectivity index (χ2v) is 6.43. The zero-order chi connectivity index (χ0) is 19.8. The maximum absolute atomic E-state index is 10.6. The highest BCUT2D eigenvalue weighted by molar-refractivity contribution is 5.93. The van der Waals surface area contributed by atoms with Crippen LogP contribution in [0.1, 0.15) is 85.0 Å². The summed E-state index contributed by atoms with van der Waals surface area (Å²) >= 11 is 0. The van der Waals surface area contributed by atoms with Crippen molar-refractivity contribution in [2.75, 3.05) is 13.1 Å². The quantitative estimate of drug-likeness (QED) is 0.659. The van der Waals surface area contributed by atoms with Crippen LogP contribution in [-0.4, -0.2) is 34.8 Å². The van der Waals surface area contributed by atoms with Crippen molar-refractivity contribution in [3.8, 4) is 0 Å². The van der Waals surface area contributed by atoms with E-state index >= 15 is 0 Å². The largest absolute Gasteiger partial charge is 0.328 e. The van der Waals surface area contributed by atoms with Gasteiger partial charge in [-0.05, 0) is 58.7 Å². The topological polar surface area (TPSA) is 53.2 Å². The molecule has 0 aliphatic rings. The summed E-state index contributed by atoms with van der Waals surface area (Å²) in [6, 6.07) is 3.54. The molecule has 0 saturated heterocycles. The van der Waals surface area contributed by atoms with Crippen molar-refractivity contribution in [2.24, 2.45) is 5.92 Å². The number of rotatable bonds is 8. The van der Waals surface area contributed by atoms with Crippen LogP contribution in [-0.2, 0) is 0 Å². The van der Waals surface area contributed by atoms with Gasteiger partial charge in [0.05, 0.1) is 0 Å². The molecule has 0 bridgehead atoms. The summed E-state index contributed by atoms with van der Waals surface area (Å²) in [7, 11) is 0. The Balaban J connectivity index is 0. The number of hydrogen-bond acceptors (Lipinski definition) is 3. The Hall–Kier alpha value is -1.42. The summed E-state index contributed by atoms with van der Waals surface area (Å²) in [5.41, 5.74) is 0.338. The van der Waals surface area contributed by atoms with E-state index in [9.17, 15) is 9.59 Å². The first-order valence-corrected chi connectivity index (χ1v) is 9.75. The molecule has 1 aromatic rings. The van der Waals surface area contributed by atoms with Gasteiger partial charge in [0, 0.05) is 23.9 Å². The standard InChI is InChI=1S/C12H27N.C7H7NO2.C2H6/c1-6-9-13(11(3)4)10-8-12(5)7-2;1-5(9)6-2-3-7(10)8-4-6;1-2/h11-12H,6-10H2,1-5H3;2-4H,1H3,(H,8,10);1-2H3. The smallest absolute Gasteiger partial charge is 0.247 e. The third-order valence-electron chi connectivity index (χ3n) is 4.04. The molecule has 1 heterocycles. The number of Topliss-reactive ketones (excluding diaryl/α,β-unsaturated/α-hetero) is 1.